The zero-order valence-corrected chi connectivity index (χ0v) is 17.7. The third-order valence-corrected chi connectivity index (χ3v) is 4.48. The number of amides is 1. The van der Waals surface area contributed by atoms with Crippen molar-refractivity contribution in [1.29, 1.82) is 5.26 Å². The van der Waals surface area contributed by atoms with Crippen LogP contribution in [0.4, 0.5) is 0 Å². The number of benzene rings is 2. The highest BCUT2D eigenvalue weighted by Gasteiger charge is 2.13. The van der Waals surface area contributed by atoms with Gasteiger partial charge in [0.1, 0.15) is 23.1 Å². The molecule has 152 valence electrons. The number of hydrogen-bond donors (Lipinski definition) is 1. The third kappa shape index (κ3) is 5.80. The minimum atomic E-state index is -0.536. The van der Waals surface area contributed by atoms with E-state index >= 15 is 0 Å². The van der Waals surface area contributed by atoms with Gasteiger partial charge in [-0.1, -0.05) is 23.2 Å². The van der Waals surface area contributed by atoms with Gasteiger partial charge in [0.25, 0.3) is 5.91 Å². The van der Waals surface area contributed by atoms with Gasteiger partial charge in [-0.25, -0.2) is 0 Å². The first-order chi connectivity index (χ1) is 13.9. The maximum Gasteiger partial charge on any atom is 0.262 e. The third-order valence-electron chi connectivity index (χ3n) is 3.92. The molecule has 6 nitrogen and oxygen atoms in total. The molecule has 0 heterocycles. The molecule has 2 aromatic rings. The van der Waals surface area contributed by atoms with Crippen molar-refractivity contribution in [2.24, 2.45) is 0 Å². The van der Waals surface area contributed by atoms with Crippen molar-refractivity contribution < 1.29 is 19.0 Å². The number of nitrogens with one attached hydrogen (secondary N) is 1. The van der Waals surface area contributed by atoms with Crippen molar-refractivity contribution in [3.05, 3.63) is 57.1 Å². The van der Waals surface area contributed by atoms with Crippen LogP contribution in [0.1, 0.15) is 18.1 Å². The normalized spacial score (nSPS) is 10.8. The van der Waals surface area contributed by atoms with E-state index in [2.05, 4.69) is 5.32 Å². The smallest absolute Gasteiger partial charge is 0.262 e. The summed E-state index contributed by atoms with van der Waals surface area (Å²) < 4.78 is 15.8. The van der Waals surface area contributed by atoms with Gasteiger partial charge in [-0.3, -0.25) is 4.79 Å². The van der Waals surface area contributed by atoms with E-state index < -0.39 is 5.91 Å². The van der Waals surface area contributed by atoms with Gasteiger partial charge in [-0.2, -0.15) is 5.26 Å². The molecule has 8 heteroatoms. The molecule has 0 bridgehead atoms. The van der Waals surface area contributed by atoms with E-state index in [1.807, 2.05) is 13.0 Å². The molecule has 0 aliphatic rings. The molecule has 0 radical (unpaired) electrons. The second-order valence-corrected chi connectivity index (χ2v) is 6.59. The topological polar surface area (TPSA) is 80.6 Å². The monoisotopic (exact) mass is 434 g/mol. The van der Waals surface area contributed by atoms with E-state index in [0.717, 1.165) is 5.56 Å². The maximum atomic E-state index is 12.5. The number of rotatable bonds is 8. The second kappa shape index (κ2) is 10.6. The molecule has 0 unspecified atom stereocenters. The Labute approximate surface area is 179 Å². The summed E-state index contributed by atoms with van der Waals surface area (Å²) in [6.07, 6.45) is 1.41. The fourth-order valence-electron chi connectivity index (χ4n) is 2.53. The fraction of sp³-hybridized carbons (Fsp3) is 0.238. The fourth-order valence-corrected chi connectivity index (χ4v) is 3.14. The van der Waals surface area contributed by atoms with Crippen molar-refractivity contribution in [3.63, 3.8) is 0 Å². The first-order valence-electron chi connectivity index (χ1n) is 8.66. The number of nitrogens with zero attached hydrogens (tertiary/aromatic N) is 1. The summed E-state index contributed by atoms with van der Waals surface area (Å²) in [5.74, 6) is 1.03. The Hall–Kier alpha value is -2.88. The molecule has 2 aromatic carbocycles. The van der Waals surface area contributed by atoms with Crippen LogP contribution in [0.2, 0.25) is 10.0 Å². The van der Waals surface area contributed by atoms with Gasteiger partial charge in [0.05, 0.1) is 30.9 Å². The van der Waals surface area contributed by atoms with Crippen molar-refractivity contribution in [1.82, 2.24) is 5.32 Å². The average molecular weight is 435 g/mol. The lowest BCUT2D eigenvalue weighted by Crippen LogP contribution is -2.24. The van der Waals surface area contributed by atoms with Crippen LogP contribution in [0.3, 0.4) is 0 Å². The van der Waals surface area contributed by atoms with Gasteiger partial charge in [0.15, 0.2) is 5.75 Å². The molecule has 0 aliphatic carbocycles. The summed E-state index contributed by atoms with van der Waals surface area (Å²) in [6.45, 7) is 2.40. The van der Waals surface area contributed by atoms with E-state index in [1.165, 1.54) is 13.2 Å². The Bertz CT molecular complexity index is 945. The highest BCUT2D eigenvalue weighted by molar-refractivity contribution is 6.37. The molecule has 0 saturated heterocycles. The van der Waals surface area contributed by atoms with Crippen molar-refractivity contribution >= 4 is 35.2 Å². The molecule has 0 spiro atoms. The van der Waals surface area contributed by atoms with Gasteiger partial charge in [-0.15, -0.1) is 0 Å². The number of carbonyl (C=O) groups excluding carboxylic acids is 1. The van der Waals surface area contributed by atoms with Crippen LogP contribution >= 0.6 is 23.2 Å². The highest BCUT2D eigenvalue weighted by atomic mass is 35.5. The molecule has 0 atom stereocenters. The number of carbonyl (C=O) groups is 1. The maximum absolute atomic E-state index is 12.5. The van der Waals surface area contributed by atoms with Crippen LogP contribution in [-0.4, -0.2) is 26.7 Å². The number of halogens is 2. The SMILES string of the molecule is CCOc1c(Cl)cc(/C=C(\C#N)C(=O)NCc2ccc(OC)cc2OC)cc1Cl. The Morgan fingerprint density at radius 2 is 1.86 bits per heavy atom. The first-order valence-corrected chi connectivity index (χ1v) is 9.41. The van der Waals surface area contributed by atoms with Gasteiger partial charge >= 0.3 is 0 Å². The summed E-state index contributed by atoms with van der Waals surface area (Å²) in [4.78, 5) is 12.5. The Kier molecular flexibility index (Phi) is 8.20. The van der Waals surface area contributed by atoms with Crippen LogP contribution in [0.15, 0.2) is 35.9 Å². The number of nitriles is 1. The molecule has 0 aliphatic heterocycles. The zero-order chi connectivity index (χ0) is 21.4. The molecule has 0 saturated carbocycles. The minimum absolute atomic E-state index is 0.0891. The quantitative estimate of drug-likeness (QED) is 0.483. The summed E-state index contributed by atoms with van der Waals surface area (Å²) in [5, 5.41) is 12.7. The van der Waals surface area contributed by atoms with Crippen LogP contribution < -0.4 is 19.5 Å². The van der Waals surface area contributed by atoms with Crippen LogP contribution in [0.5, 0.6) is 17.2 Å². The minimum Gasteiger partial charge on any atom is -0.497 e. The van der Waals surface area contributed by atoms with E-state index in [1.54, 1.807) is 37.4 Å². The van der Waals surface area contributed by atoms with Crippen molar-refractivity contribution in [2.75, 3.05) is 20.8 Å². The van der Waals surface area contributed by atoms with E-state index in [0.29, 0.717) is 39.5 Å². The Balaban J connectivity index is 2.18. The van der Waals surface area contributed by atoms with E-state index in [-0.39, 0.29) is 12.1 Å². The number of ether oxygens (including phenoxy) is 3. The molecule has 0 fully saturated rings. The summed E-state index contributed by atoms with van der Waals surface area (Å²) in [5.41, 5.74) is 1.16. The molecule has 1 N–H and O–H groups in total. The largest absolute Gasteiger partial charge is 0.497 e. The average Bonchev–Trinajstić information content (AvgIpc) is 2.72. The molecule has 1 amide bonds. The Morgan fingerprint density at radius 1 is 1.17 bits per heavy atom. The van der Waals surface area contributed by atoms with Gasteiger partial charge in [0, 0.05) is 18.2 Å². The van der Waals surface area contributed by atoms with Crippen LogP contribution in [-0.2, 0) is 11.3 Å². The zero-order valence-electron chi connectivity index (χ0n) is 16.2. The van der Waals surface area contributed by atoms with Crippen LogP contribution in [0.25, 0.3) is 6.08 Å². The van der Waals surface area contributed by atoms with E-state index in [9.17, 15) is 10.1 Å². The lowest BCUT2D eigenvalue weighted by Gasteiger charge is -2.11. The molecule has 0 aromatic heterocycles. The summed E-state index contributed by atoms with van der Waals surface area (Å²) >= 11 is 12.3. The molecule has 29 heavy (non-hydrogen) atoms. The highest BCUT2D eigenvalue weighted by Crippen LogP contribution is 2.34. The standard InChI is InChI=1S/C21H20Cl2N2O4/c1-4-29-20-17(22)8-13(9-18(20)23)7-15(11-24)21(26)25-12-14-5-6-16(27-2)10-19(14)28-3/h5-10H,4,12H2,1-3H3,(H,25,26)/b15-7+. The van der Waals surface area contributed by atoms with Crippen LogP contribution in [0, 0.1) is 11.3 Å². The van der Waals surface area contributed by atoms with Gasteiger partial charge in [0.2, 0.25) is 0 Å². The van der Waals surface area contributed by atoms with Crippen molar-refractivity contribution in [2.45, 2.75) is 13.5 Å². The molecule has 2 rings (SSSR count). The van der Waals surface area contributed by atoms with Gasteiger partial charge < -0.3 is 19.5 Å². The number of methoxy groups -OCH3 is 2. The second-order valence-electron chi connectivity index (χ2n) is 5.78. The van der Waals surface area contributed by atoms with Crippen molar-refractivity contribution in [3.8, 4) is 23.3 Å². The predicted octanol–water partition coefficient (Wildman–Crippen LogP) is 4.63. The number of hydrogen-bond acceptors (Lipinski definition) is 5. The first kappa shape index (κ1) is 22.4. The lowest BCUT2D eigenvalue weighted by atomic mass is 10.1. The summed E-state index contributed by atoms with van der Waals surface area (Å²) in [6, 6.07) is 10.3. The Morgan fingerprint density at radius 3 is 2.41 bits per heavy atom. The van der Waals surface area contributed by atoms with Gasteiger partial charge in [-0.05, 0) is 42.8 Å². The molecular formula is C21H20Cl2N2O4. The predicted molar refractivity (Wildman–Crippen MR) is 113 cm³/mol. The van der Waals surface area contributed by atoms with E-state index in [4.69, 9.17) is 37.4 Å². The summed E-state index contributed by atoms with van der Waals surface area (Å²) in [7, 11) is 3.08. The lowest BCUT2D eigenvalue weighted by molar-refractivity contribution is -0.117. The molecular weight excluding hydrogens is 415 g/mol.